The van der Waals surface area contributed by atoms with E-state index in [1.807, 2.05) is 0 Å². The van der Waals surface area contributed by atoms with Crippen LogP contribution in [0.1, 0.15) is 51.9 Å². The van der Waals surface area contributed by atoms with E-state index < -0.39 is 0 Å². The molecule has 2 heterocycles. The second-order valence-electron chi connectivity index (χ2n) is 5.26. The van der Waals surface area contributed by atoms with Gasteiger partial charge in [-0.25, -0.2) is 0 Å². The predicted molar refractivity (Wildman–Crippen MR) is 69.0 cm³/mol. The van der Waals surface area contributed by atoms with Crippen molar-refractivity contribution in [3.63, 3.8) is 0 Å². The quantitative estimate of drug-likeness (QED) is 0.755. The van der Waals surface area contributed by atoms with Crippen molar-refractivity contribution >= 4 is 0 Å². The molecule has 17 heavy (non-hydrogen) atoms. The zero-order valence-corrected chi connectivity index (χ0v) is 11.2. The van der Waals surface area contributed by atoms with Crippen LogP contribution < -0.4 is 0 Å². The lowest BCUT2D eigenvalue weighted by atomic mass is 10.1. The van der Waals surface area contributed by atoms with Gasteiger partial charge in [0.15, 0.2) is 6.29 Å². The first-order valence-electron chi connectivity index (χ1n) is 7.37. The molecule has 2 rings (SSSR count). The van der Waals surface area contributed by atoms with E-state index in [-0.39, 0.29) is 6.29 Å². The molecule has 100 valence electrons. The minimum absolute atomic E-state index is 0.0597. The molecule has 0 amide bonds. The van der Waals surface area contributed by atoms with Gasteiger partial charge >= 0.3 is 0 Å². The molecule has 2 aliphatic rings. The number of rotatable bonds is 4. The Morgan fingerprint density at radius 3 is 2.65 bits per heavy atom. The zero-order valence-electron chi connectivity index (χ0n) is 11.2. The molecule has 2 saturated heterocycles. The van der Waals surface area contributed by atoms with Gasteiger partial charge in [0.05, 0.1) is 13.2 Å². The third-order valence-electron chi connectivity index (χ3n) is 4.02. The van der Waals surface area contributed by atoms with Crippen molar-refractivity contribution in [2.24, 2.45) is 0 Å². The Hall–Kier alpha value is -0.120. The summed E-state index contributed by atoms with van der Waals surface area (Å²) in [5.41, 5.74) is 0. The molecule has 0 aliphatic carbocycles. The smallest absolute Gasteiger partial charge is 0.158 e. The molecule has 0 bridgehead atoms. The van der Waals surface area contributed by atoms with Crippen molar-refractivity contribution in [1.29, 1.82) is 0 Å². The first-order chi connectivity index (χ1) is 8.40. The Morgan fingerprint density at radius 1 is 1.06 bits per heavy atom. The molecule has 0 radical (unpaired) electrons. The summed E-state index contributed by atoms with van der Waals surface area (Å²) in [7, 11) is 0. The van der Waals surface area contributed by atoms with Crippen molar-refractivity contribution in [1.82, 2.24) is 4.90 Å². The molecule has 0 aromatic rings. The molecule has 3 nitrogen and oxygen atoms in total. The van der Waals surface area contributed by atoms with Crippen LogP contribution in [0.2, 0.25) is 0 Å². The highest BCUT2D eigenvalue weighted by atomic mass is 16.7. The van der Waals surface area contributed by atoms with Gasteiger partial charge < -0.3 is 14.4 Å². The van der Waals surface area contributed by atoms with E-state index >= 15 is 0 Å². The van der Waals surface area contributed by atoms with Crippen LogP contribution in [0, 0.1) is 0 Å². The van der Waals surface area contributed by atoms with Crippen LogP contribution in [0.4, 0.5) is 0 Å². The fraction of sp³-hybridized carbons (Fsp3) is 1.00. The second-order valence-corrected chi connectivity index (χ2v) is 5.26. The molecule has 0 saturated carbocycles. The Kier molecular flexibility index (Phi) is 5.75. The predicted octanol–water partition coefficient (Wildman–Crippen LogP) is 2.79. The van der Waals surface area contributed by atoms with Gasteiger partial charge in [0, 0.05) is 19.0 Å². The molecule has 2 aliphatic heterocycles. The number of hydrogen-bond donors (Lipinski definition) is 0. The SMILES string of the molecule is CCC1CCCCCN1CCC1OCCCO1. The van der Waals surface area contributed by atoms with Gasteiger partial charge in [0.1, 0.15) is 0 Å². The number of likely N-dealkylation sites (tertiary alicyclic amines) is 1. The summed E-state index contributed by atoms with van der Waals surface area (Å²) < 4.78 is 11.2. The van der Waals surface area contributed by atoms with E-state index in [0.717, 1.165) is 38.6 Å². The van der Waals surface area contributed by atoms with Crippen LogP contribution in [-0.4, -0.2) is 43.5 Å². The number of ether oxygens (including phenoxy) is 2. The minimum atomic E-state index is 0.0597. The van der Waals surface area contributed by atoms with E-state index in [4.69, 9.17) is 9.47 Å². The van der Waals surface area contributed by atoms with Gasteiger partial charge in [-0.3, -0.25) is 0 Å². The molecule has 0 aromatic carbocycles. The monoisotopic (exact) mass is 241 g/mol. The summed E-state index contributed by atoms with van der Waals surface area (Å²) in [5, 5.41) is 0. The summed E-state index contributed by atoms with van der Waals surface area (Å²) in [6.45, 7) is 6.48. The first-order valence-corrected chi connectivity index (χ1v) is 7.37. The fourth-order valence-electron chi connectivity index (χ4n) is 2.97. The zero-order chi connectivity index (χ0) is 11.9. The molecule has 1 unspecified atom stereocenters. The summed E-state index contributed by atoms with van der Waals surface area (Å²) in [5.74, 6) is 0. The standard InChI is InChI=1S/C14H27NO2/c1-2-13-7-4-3-5-9-15(13)10-8-14-16-11-6-12-17-14/h13-14H,2-12H2,1H3. The molecule has 0 aromatic heterocycles. The Labute approximate surface area is 105 Å². The van der Waals surface area contributed by atoms with Crippen LogP contribution >= 0.6 is 0 Å². The summed E-state index contributed by atoms with van der Waals surface area (Å²) in [4.78, 5) is 2.66. The van der Waals surface area contributed by atoms with Gasteiger partial charge in [-0.1, -0.05) is 19.8 Å². The molecule has 0 N–H and O–H groups in total. The molecule has 0 spiro atoms. The van der Waals surface area contributed by atoms with Crippen molar-refractivity contribution in [3.8, 4) is 0 Å². The maximum atomic E-state index is 5.62. The topological polar surface area (TPSA) is 21.7 Å². The van der Waals surface area contributed by atoms with Crippen LogP contribution in [-0.2, 0) is 9.47 Å². The van der Waals surface area contributed by atoms with E-state index in [9.17, 15) is 0 Å². The van der Waals surface area contributed by atoms with Crippen molar-refractivity contribution in [2.45, 2.75) is 64.2 Å². The highest BCUT2D eigenvalue weighted by Gasteiger charge is 2.21. The normalized spacial score (nSPS) is 29.1. The molecule has 3 heteroatoms. The van der Waals surface area contributed by atoms with Gasteiger partial charge in [-0.05, 0) is 32.2 Å². The largest absolute Gasteiger partial charge is 0.353 e. The maximum Gasteiger partial charge on any atom is 0.158 e. The van der Waals surface area contributed by atoms with Crippen molar-refractivity contribution < 1.29 is 9.47 Å². The van der Waals surface area contributed by atoms with Crippen LogP contribution in [0.5, 0.6) is 0 Å². The van der Waals surface area contributed by atoms with Gasteiger partial charge in [-0.2, -0.15) is 0 Å². The van der Waals surface area contributed by atoms with E-state index in [2.05, 4.69) is 11.8 Å². The summed E-state index contributed by atoms with van der Waals surface area (Å²) >= 11 is 0. The van der Waals surface area contributed by atoms with E-state index in [1.54, 1.807) is 0 Å². The molecular weight excluding hydrogens is 214 g/mol. The lowest BCUT2D eigenvalue weighted by Gasteiger charge is -2.31. The Morgan fingerprint density at radius 2 is 1.88 bits per heavy atom. The van der Waals surface area contributed by atoms with E-state index in [1.165, 1.54) is 38.6 Å². The summed E-state index contributed by atoms with van der Waals surface area (Å²) in [6.07, 6.45) is 8.99. The second kappa shape index (κ2) is 7.34. The first kappa shape index (κ1) is 13.3. The minimum Gasteiger partial charge on any atom is -0.353 e. The number of nitrogens with zero attached hydrogens (tertiary/aromatic N) is 1. The van der Waals surface area contributed by atoms with Crippen LogP contribution in [0.25, 0.3) is 0 Å². The lowest BCUT2D eigenvalue weighted by molar-refractivity contribution is -0.183. The molecule has 2 fully saturated rings. The van der Waals surface area contributed by atoms with Crippen LogP contribution in [0.3, 0.4) is 0 Å². The Balaban J connectivity index is 1.74. The maximum absolute atomic E-state index is 5.62. The van der Waals surface area contributed by atoms with Gasteiger partial charge in [0.2, 0.25) is 0 Å². The highest BCUT2D eigenvalue weighted by molar-refractivity contribution is 4.74. The van der Waals surface area contributed by atoms with Gasteiger partial charge in [0.25, 0.3) is 0 Å². The fourth-order valence-corrected chi connectivity index (χ4v) is 2.97. The average Bonchev–Trinajstić information content (AvgIpc) is 2.62. The van der Waals surface area contributed by atoms with Crippen LogP contribution in [0.15, 0.2) is 0 Å². The van der Waals surface area contributed by atoms with Gasteiger partial charge in [-0.15, -0.1) is 0 Å². The van der Waals surface area contributed by atoms with Crippen molar-refractivity contribution in [2.75, 3.05) is 26.3 Å². The number of hydrogen-bond acceptors (Lipinski definition) is 3. The third-order valence-corrected chi connectivity index (χ3v) is 4.02. The van der Waals surface area contributed by atoms with Crippen molar-refractivity contribution in [3.05, 3.63) is 0 Å². The van der Waals surface area contributed by atoms with E-state index in [0.29, 0.717) is 0 Å². The Bertz CT molecular complexity index is 204. The molecular formula is C14H27NO2. The average molecular weight is 241 g/mol. The lowest BCUT2D eigenvalue weighted by Crippen LogP contribution is -2.38. The summed E-state index contributed by atoms with van der Waals surface area (Å²) in [6, 6.07) is 0.793. The third kappa shape index (κ3) is 4.23. The highest BCUT2D eigenvalue weighted by Crippen LogP contribution is 2.20. The molecule has 1 atom stereocenters.